The van der Waals surface area contributed by atoms with Gasteiger partial charge in [0.05, 0.1) is 5.56 Å². The average molecular weight is 217 g/mol. The van der Waals surface area contributed by atoms with E-state index in [0.717, 1.165) is 6.42 Å². The Bertz CT molecular complexity index is 390. The summed E-state index contributed by atoms with van der Waals surface area (Å²) in [4.78, 5) is 15.4. The zero-order valence-corrected chi connectivity index (χ0v) is 9.53. The number of carbonyl (C=O) groups excluding carboxylic acids is 1. The van der Waals surface area contributed by atoms with Gasteiger partial charge in [-0.1, -0.05) is 13.8 Å². The molecule has 16 heavy (non-hydrogen) atoms. The number of amides is 1. The van der Waals surface area contributed by atoms with Gasteiger partial charge in [0.2, 0.25) is 0 Å². The molecule has 0 spiro atoms. The van der Waals surface area contributed by atoms with Crippen molar-refractivity contribution < 1.29 is 4.79 Å². The van der Waals surface area contributed by atoms with Crippen molar-refractivity contribution in [2.45, 2.75) is 20.3 Å². The van der Waals surface area contributed by atoms with E-state index < -0.39 is 0 Å². The smallest absolute Gasteiger partial charge is 0.252 e. The van der Waals surface area contributed by atoms with Gasteiger partial charge in [-0.05, 0) is 24.5 Å². The predicted octanol–water partition coefficient (Wildman–Crippen LogP) is 1.73. The van der Waals surface area contributed by atoms with Crippen LogP contribution in [0, 0.1) is 17.2 Å². The third-order valence-corrected chi connectivity index (χ3v) is 2.15. The van der Waals surface area contributed by atoms with Crippen molar-refractivity contribution in [2.75, 3.05) is 6.54 Å². The lowest BCUT2D eigenvalue weighted by molar-refractivity contribution is 0.0951. The zero-order valence-electron chi connectivity index (χ0n) is 9.53. The lowest BCUT2D eigenvalue weighted by Gasteiger charge is -2.06. The topological polar surface area (TPSA) is 65.8 Å². The first-order chi connectivity index (χ1) is 7.63. The molecule has 1 amide bonds. The second-order valence-electron chi connectivity index (χ2n) is 3.98. The predicted molar refractivity (Wildman–Crippen MR) is 60.7 cm³/mol. The fourth-order valence-electron chi connectivity index (χ4n) is 1.17. The van der Waals surface area contributed by atoms with Crippen molar-refractivity contribution in [1.82, 2.24) is 10.3 Å². The van der Waals surface area contributed by atoms with Gasteiger partial charge >= 0.3 is 0 Å². The van der Waals surface area contributed by atoms with E-state index >= 15 is 0 Å². The molecule has 1 rings (SSSR count). The second-order valence-corrected chi connectivity index (χ2v) is 3.98. The second kappa shape index (κ2) is 5.86. The summed E-state index contributed by atoms with van der Waals surface area (Å²) in [5.41, 5.74) is 0.807. The number of pyridine rings is 1. The van der Waals surface area contributed by atoms with Gasteiger partial charge in [0.25, 0.3) is 5.91 Å². The third-order valence-electron chi connectivity index (χ3n) is 2.15. The normalized spacial score (nSPS) is 9.88. The van der Waals surface area contributed by atoms with Crippen LogP contribution in [0.1, 0.15) is 36.3 Å². The third kappa shape index (κ3) is 3.70. The zero-order chi connectivity index (χ0) is 12.0. The minimum absolute atomic E-state index is 0.141. The largest absolute Gasteiger partial charge is 0.352 e. The minimum Gasteiger partial charge on any atom is -0.352 e. The SMILES string of the molecule is CC(C)CCNC(=O)c1ccc(C#N)nc1. The van der Waals surface area contributed by atoms with Crippen molar-refractivity contribution in [3.05, 3.63) is 29.6 Å². The van der Waals surface area contributed by atoms with Gasteiger partial charge in [-0.3, -0.25) is 4.79 Å². The van der Waals surface area contributed by atoms with E-state index in [1.54, 1.807) is 6.07 Å². The Morgan fingerprint density at radius 1 is 1.56 bits per heavy atom. The summed E-state index contributed by atoms with van der Waals surface area (Å²) in [5, 5.41) is 11.4. The molecular weight excluding hydrogens is 202 g/mol. The van der Waals surface area contributed by atoms with Crippen LogP contribution in [0.15, 0.2) is 18.3 Å². The van der Waals surface area contributed by atoms with Gasteiger partial charge in [0.15, 0.2) is 0 Å². The maximum absolute atomic E-state index is 11.6. The van der Waals surface area contributed by atoms with E-state index in [0.29, 0.717) is 23.7 Å². The van der Waals surface area contributed by atoms with Crippen LogP contribution < -0.4 is 5.32 Å². The first-order valence-corrected chi connectivity index (χ1v) is 5.28. The Morgan fingerprint density at radius 3 is 2.81 bits per heavy atom. The number of hydrogen-bond acceptors (Lipinski definition) is 3. The van der Waals surface area contributed by atoms with Crippen LogP contribution >= 0.6 is 0 Å². The van der Waals surface area contributed by atoms with Crippen LogP contribution in [0.5, 0.6) is 0 Å². The van der Waals surface area contributed by atoms with Crippen molar-refractivity contribution in [3.63, 3.8) is 0 Å². The Kier molecular flexibility index (Phi) is 4.46. The molecule has 0 atom stereocenters. The Morgan fingerprint density at radius 2 is 2.31 bits per heavy atom. The molecule has 0 saturated carbocycles. The highest BCUT2D eigenvalue weighted by Crippen LogP contribution is 2.00. The van der Waals surface area contributed by atoms with E-state index in [2.05, 4.69) is 24.1 Å². The van der Waals surface area contributed by atoms with E-state index in [-0.39, 0.29) is 5.91 Å². The molecular formula is C12H15N3O. The first kappa shape index (κ1) is 12.2. The van der Waals surface area contributed by atoms with Crippen LogP contribution in [0.4, 0.5) is 0 Å². The van der Waals surface area contributed by atoms with E-state index in [1.807, 2.05) is 6.07 Å². The van der Waals surface area contributed by atoms with E-state index in [4.69, 9.17) is 5.26 Å². The highest BCUT2D eigenvalue weighted by molar-refractivity contribution is 5.93. The van der Waals surface area contributed by atoms with E-state index in [9.17, 15) is 4.79 Å². The maximum atomic E-state index is 11.6. The minimum atomic E-state index is -0.141. The molecule has 0 saturated heterocycles. The summed E-state index contributed by atoms with van der Waals surface area (Å²) < 4.78 is 0. The Labute approximate surface area is 95.3 Å². The Balaban J connectivity index is 2.50. The maximum Gasteiger partial charge on any atom is 0.252 e. The standard InChI is InChI=1S/C12H15N3O/c1-9(2)5-6-14-12(16)10-3-4-11(7-13)15-8-10/h3-4,8-9H,5-6H2,1-2H3,(H,14,16). The van der Waals surface area contributed by atoms with Crippen LogP contribution in [0.25, 0.3) is 0 Å². The molecule has 1 heterocycles. The molecule has 0 bridgehead atoms. The molecule has 84 valence electrons. The van der Waals surface area contributed by atoms with Crippen molar-refractivity contribution >= 4 is 5.91 Å². The monoisotopic (exact) mass is 217 g/mol. The molecule has 0 radical (unpaired) electrons. The summed E-state index contributed by atoms with van der Waals surface area (Å²) in [7, 11) is 0. The van der Waals surface area contributed by atoms with Crippen LogP contribution in [-0.4, -0.2) is 17.4 Å². The van der Waals surface area contributed by atoms with Crippen molar-refractivity contribution in [2.24, 2.45) is 5.92 Å². The highest BCUT2D eigenvalue weighted by atomic mass is 16.1. The van der Waals surface area contributed by atoms with Crippen LogP contribution in [0.3, 0.4) is 0 Å². The van der Waals surface area contributed by atoms with Gasteiger partial charge in [-0.25, -0.2) is 4.98 Å². The fraction of sp³-hybridized carbons (Fsp3) is 0.417. The van der Waals surface area contributed by atoms with Gasteiger partial charge in [-0.15, -0.1) is 0 Å². The molecule has 1 aromatic rings. The number of nitriles is 1. The summed E-state index contributed by atoms with van der Waals surface area (Å²) in [6.45, 7) is 4.88. The summed E-state index contributed by atoms with van der Waals surface area (Å²) in [5.74, 6) is 0.428. The molecule has 1 aromatic heterocycles. The lowest BCUT2D eigenvalue weighted by atomic mass is 10.1. The quantitative estimate of drug-likeness (QED) is 0.835. The van der Waals surface area contributed by atoms with Crippen LogP contribution in [-0.2, 0) is 0 Å². The molecule has 0 aliphatic carbocycles. The first-order valence-electron chi connectivity index (χ1n) is 5.28. The molecule has 0 aliphatic heterocycles. The number of nitrogens with one attached hydrogen (secondary N) is 1. The highest BCUT2D eigenvalue weighted by Gasteiger charge is 2.05. The number of nitrogens with zero attached hydrogens (tertiary/aromatic N) is 2. The van der Waals surface area contributed by atoms with Gasteiger partial charge < -0.3 is 5.32 Å². The molecule has 1 N–H and O–H groups in total. The Hall–Kier alpha value is -1.89. The molecule has 4 nitrogen and oxygen atoms in total. The van der Waals surface area contributed by atoms with Gasteiger partial charge in [0, 0.05) is 12.7 Å². The van der Waals surface area contributed by atoms with Crippen molar-refractivity contribution in [3.8, 4) is 6.07 Å². The molecule has 0 unspecified atom stereocenters. The number of hydrogen-bond donors (Lipinski definition) is 1. The van der Waals surface area contributed by atoms with Crippen molar-refractivity contribution in [1.29, 1.82) is 5.26 Å². The van der Waals surface area contributed by atoms with Gasteiger partial charge in [-0.2, -0.15) is 5.26 Å². The molecule has 4 heteroatoms. The average Bonchev–Trinajstić information content (AvgIpc) is 2.28. The van der Waals surface area contributed by atoms with E-state index in [1.165, 1.54) is 12.3 Å². The molecule has 0 aromatic carbocycles. The fourth-order valence-corrected chi connectivity index (χ4v) is 1.17. The molecule has 0 fully saturated rings. The summed E-state index contributed by atoms with van der Waals surface area (Å²) in [6, 6.07) is 5.05. The summed E-state index contributed by atoms with van der Waals surface area (Å²) >= 11 is 0. The number of carbonyl (C=O) groups is 1. The summed E-state index contributed by atoms with van der Waals surface area (Å²) in [6.07, 6.45) is 2.37. The van der Waals surface area contributed by atoms with Gasteiger partial charge in [0.1, 0.15) is 11.8 Å². The number of rotatable bonds is 4. The lowest BCUT2D eigenvalue weighted by Crippen LogP contribution is -2.25. The van der Waals surface area contributed by atoms with Crippen LogP contribution in [0.2, 0.25) is 0 Å². The molecule has 0 aliphatic rings. The number of aromatic nitrogens is 1.